The Morgan fingerprint density at radius 1 is 1.50 bits per heavy atom. The van der Waals surface area contributed by atoms with E-state index >= 15 is 0 Å². The first kappa shape index (κ1) is 11.9. The molecule has 0 spiro atoms. The second-order valence-electron chi connectivity index (χ2n) is 4.50. The third kappa shape index (κ3) is 2.74. The molecule has 3 heteroatoms. The summed E-state index contributed by atoms with van der Waals surface area (Å²) in [4.78, 5) is 0. The lowest BCUT2D eigenvalue weighted by atomic mass is 10.00. The molecule has 1 unspecified atom stereocenters. The Bertz CT molecular complexity index is 343. The minimum Gasteiger partial charge on any atom is -0.313 e. The zero-order chi connectivity index (χ0) is 11.5. The summed E-state index contributed by atoms with van der Waals surface area (Å²) in [5.41, 5.74) is 0.618. The van der Waals surface area contributed by atoms with E-state index in [9.17, 15) is 4.39 Å². The zero-order valence-electron chi connectivity index (χ0n) is 9.47. The van der Waals surface area contributed by atoms with Gasteiger partial charge in [-0.15, -0.1) is 0 Å². The van der Waals surface area contributed by atoms with Crippen LogP contribution >= 0.6 is 11.6 Å². The monoisotopic (exact) mass is 241 g/mol. The van der Waals surface area contributed by atoms with Crippen molar-refractivity contribution in [3.63, 3.8) is 0 Å². The van der Waals surface area contributed by atoms with Crippen LogP contribution in [0.15, 0.2) is 18.2 Å². The van der Waals surface area contributed by atoms with Gasteiger partial charge in [0.05, 0.1) is 0 Å². The van der Waals surface area contributed by atoms with Gasteiger partial charge in [0.25, 0.3) is 0 Å². The van der Waals surface area contributed by atoms with Crippen LogP contribution in [0.3, 0.4) is 0 Å². The maximum atomic E-state index is 13.7. The molecule has 1 saturated carbocycles. The molecular formula is C13H17ClFN. The van der Waals surface area contributed by atoms with Crippen molar-refractivity contribution in [3.8, 4) is 0 Å². The van der Waals surface area contributed by atoms with Gasteiger partial charge < -0.3 is 5.32 Å². The molecule has 16 heavy (non-hydrogen) atoms. The van der Waals surface area contributed by atoms with Crippen LogP contribution in [0.5, 0.6) is 0 Å². The molecule has 88 valence electrons. The molecule has 0 amide bonds. The number of benzene rings is 1. The summed E-state index contributed by atoms with van der Waals surface area (Å²) in [7, 11) is 1.86. The lowest BCUT2D eigenvalue weighted by molar-refractivity contribution is 0.480. The highest BCUT2D eigenvalue weighted by Gasteiger charge is 2.24. The molecule has 0 aromatic heterocycles. The van der Waals surface area contributed by atoms with E-state index in [1.807, 2.05) is 7.05 Å². The average Bonchev–Trinajstić information content (AvgIpc) is 3.06. The van der Waals surface area contributed by atoms with Crippen molar-refractivity contribution in [2.24, 2.45) is 5.92 Å². The van der Waals surface area contributed by atoms with Gasteiger partial charge in [-0.1, -0.05) is 30.5 Å². The molecule has 0 aliphatic heterocycles. The molecule has 0 saturated heterocycles. The summed E-state index contributed by atoms with van der Waals surface area (Å²) in [6, 6.07) is 4.91. The van der Waals surface area contributed by atoms with Gasteiger partial charge in [0.15, 0.2) is 0 Å². The predicted octanol–water partition coefficient (Wildman–Crippen LogP) is 3.93. The van der Waals surface area contributed by atoms with E-state index in [0.717, 1.165) is 18.8 Å². The molecule has 1 atom stereocenters. The van der Waals surface area contributed by atoms with Gasteiger partial charge in [0.1, 0.15) is 5.82 Å². The Hall–Kier alpha value is -0.600. The summed E-state index contributed by atoms with van der Waals surface area (Å²) in [6.07, 6.45) is 4.79. The lowest BCUT2D eigenvalue weighted by Gasteiger charge is -2.18. The SMILES string of the molecule is CNC(CCC1CC1)c1c(F)cccc1Cl. The average molecular weight is 242 g/mol. The summed E-state index contributed by atoms with van der Waals surface area (Å²) in [5.74, 6) is 0.657. The first-order valence-corrected chi connectivity index (χ1v) is 6.21. The maximum Gasteiger partial charge on any atom is 0.129 e. The third-order valence-electron chi connectivity index (χ3n) is 3.26. The van der Waals surface area contributed by atoms with E-state index in [1.54, 1.807) is 12.1 Å². The molecule has 2 rings (SSSR count). The molecule has 1 aromatic rings. The quantitative estimate of drug-likeness (QED) is 0.824. The van der Waals surface area contributed by atoms with Gasteiger partial charge in [-0.05, 0) is 37.9 Å². The standard InChI is InChI=1S/C13H17ClFN/c1-16-12(8-7-9-5-6-9)13-10(14)3-2-4-11(13)15/h2-4,9,12,16H,5-8H2,1H3. The van der Waals surface area contributed by atoms with Crippen molar-refractivity contribution in [3.05, 3.63) is 34.6 Å². The summed E-state index contributed by atoms with van der Waals surface area (Å²) < 4.78 is 13.7. The molecule has 0 radical (unpaired) electrons. The van der Waals surface area contributed by atoms with E-state index in [0.29, 0.717) is 10.6 Å². The van der Waals surface area contributed by atoms with Crippen molar-refractivity contribution in [1.82, 2.24) is 5.32 Å². The highest BCUT2D eigenvalue weighted by atomic mass is 35.5. The fraction of sp³-hybridized carbons (Fsp3) is 0.538. The minimum absolute atomic E-state index is 0.0364. The summed E-state index contributed by atoms with van der Waals surface area (Å²) in [5, 5.41) is 3.68. The van der Waals surface area contributed by atoms with E-state index < -0.39 is 0 Å². The largest absolute Gasteiger partial charge is 0.313 e. The van der Waals surface area contributed by atoms with Gasteiger partial charge in [-0.3, -0.25) is 0 Å². The Kier molecular flexibility index (Phi) is 3.82. The Morgan fingerprint density at radius 3 is 2.81 bits per heavy atom. The van der Waals surface area contributed by atoms with Crippen LogP contribution in [-0.4, -0.2) is 7.05 Å². The molecule has 1 fully saturated rings. The van der Waals surface area contributed by atoms with Crippen LogP contribution in [0.1, 0.15) is 37.3 Å². The Morgan fingerprint density at radius 2 is 2.25 bits per heavy atom. The van der Waals surface area contributed by atoms with E-state index in [1.165, 1.54) is 18.9 Å². The lowest BCUT2D eigenvalue weighted by Crippen LogP contribution is -2.18. The second kappa shape index (κ2) is 5.15. The molecule has 1 aliphatic rings. The van der Waals surface area contributed by atoms with Gasteiger partial charge in [0.2, 0.25) is 0 Å². The van der Waals surface area contributed by atoms with E-state index in [-0.39, 0.29) is 11.9 Å². The van der Waals surface area contributed by atoms with Crippen molar-refractivity contribution < 1.29 is 4.39 Å². The van der Waals surface area contributed by atoms with Crippen LogP contribution in [0.25, 0.3) is 0 Å². The molecular weight excluding hydrogens is 225 g/mol. The number of nitrogens with one attached hydrogen (secondary N) is 1. The highest BCUT2D eigenvalue weighted by molar-refractivity contribution is 6.31. The molecule has 0 bridgehead atoms. The van der Waals surface area contributed by atoms with Crippen LogP contribution in [0, 0.1) is 11.7 Å². The van der Waals surface area contributed by atoms with E-state index in [4.69, 9.17) is 11.6 Å². The smallest absolute Gasteiger partial charge is 0.129 e. The van der Waals surface area contributed by atoms with Crippen LogP contribution in [-0.2, 0) is 0 Å². The Labute approximate surface area is 101 Å². The molecule has 0 heterocycles. The summed E-state index contributed by atoms with van der Waals surface area (Å²) >= 11 is 6.05. The second-order valence-corrected chi connectivity index (χ2v) is 4.90. The van der Waals surface area contributed by atoms with Gasteiger partial charge >= 0.3 is 0 Å². The fourth-order valence-corrected chi connectivity index (χ4v) is 2.38. The van der Waals surface area contributed by atoms with Crippen LogP contribution < -0.4 is 5.32 Å². The third-order valence-corrected chi connectivity index (χ3v) is 3.59. The maximum absolute atomic E-state index is 13.7. The van der Waals surface area contributed by atoms with Crippen LogP contribution in [0.4, 0.5) is 4.39 Å². The summed E-state index contributed by atoms with van der Waals surface area (Å²) in [6.45, 7) is 0. The molecule has 1 N–H and O–H groups in total. The Balaban J connectivity index is 2.11. The van der Waals surface area contributed by atoms with Gasteiger partial charge in [0, 0.05) is 16.6 Å². The highest BCUT2D eigenvalue weighted by Crippen LogP contribution is 2.37. The zero-order valence-corrected chi connectivity index (χ0v) is 10.2. The molecule has 1 nitrogen and oxygen atoms in total. The molecule has 1 aromatic carbocycles. The van der Waals surface area contributed by atoms with Gasteiger partial charge in [-0.25, -0.2) is 4.39 Å². The van der Waals surface area contributed by atoms with Crippen molar-refractivity contribution >= 4 is 11.6 Å². The topological polar surface area (TPSA) is 12.0 Å². The first-order chi connectivity index (χ1) is 7.72. The predicted molar refractivity (Wildman–Crippen MR) is 65.2 cm³/mol. The number of hydrogen-bond donors (Lipinski definition) is 1. The number of hydrogen-bond acceptors (Lipinski definition) is 1. The van der Waals surface area contributed by atoms with Crippen molar-refractivity contribution in [1.29, 1.82) is 0 Å². The van der Waals surface area contributed by atoms with Crippen molar-refractivity contribution in [2.45, 2.75) is 31.7 Å². The normalized spacial score (nSPS) is 17.4. The first-order valence-electron chi connectivity index (χ1n) is 5.83. The van der Waals surface area contributed by atoms with Crippen molar-refractivity contribution in [2.75, 3.05) is 7.05 Å². The van der Waals surface area contributed by atoms with Gasteiger partial charge in [-0.2, -0.15) is 0 Å². The fourth-order valence-electron chi connectivity index (χ4n) is 2.09. The molecule has 1 aliphatic carbocycles. The minimum atomic E-state index is -0.206. The van der Waals surface area contributed by atoms with Crippen LogP contribution in [0.2, 0.25) is 5.02 Å². The van der Waals surface area contributed by atoms with E-state index in [2.05, 4.69) is 5.32 Å². The number of rotatable bonds is 5. The number of halogens is 2.